The third-order valence-electron chi connectivity index (χ3n) is 5.21. The van der Waals surface area contributed by atoms with Crippen molar-refractivity contribution >= 4 is 5.91 Å². The minimum absolute atomic E-state index is 0.00986. The standard InChI is InChI=1S/C19H36N2O4/c1-3-8-20-15-17(18(22)21-9-5-10-23-2)13-16-6-4-7-19(14-16)24-11-12-25-19/h16-17,20H,3-15H2,1-2H3,(H,21,22). The van der Waals surface area contributed by atoms with Gasteiger partial charge in [-0.3, -0.25) is 4.79 Å². The lowest BCUT2D eigenvalue weighted by Crippen LogP contribution is -2.41. The highest BCUT2D eigenvalue weighted by Gasteiger charge is 2.42. The van der Waals surface area contributed by atoms with Crippen molar-refractivity contribution in [3.05, 3.63) is 0 Å². The first kappa shape index (κ1) is 20.6. The van der Waals surface area contributed by atoms with E-state index in [0.29, 0.717) is 32.3 Å². The molecule has 2 atom stereocenters. The van der Waals surface area contributed by atoms with Crippen LogP contribution in [0.2, 0.25) is 0 Å². The van der Waals surface area contributed by atoms with E-state index in [4.69, 9.17) is 14.2 Å². The zero-order chi connectivity index (χ0) is 18.0. The van der Waals surface area contributed by atoms with Gasteiger partial charge in [-0.1, -0.05) is 13.3 Å². The molecule has 1 aliphatic heterocycles. The molecule has 1 saturated carbocycles. The Bertz CT molecular complexity index is 386. The minimum Gasteiger partial charge on any atom is -0.385 e. The zero-order valence-electron chi connectivity index (χ0n) is 16.0. The van der Waals surface area contributed by atoms with Crippen LogP contribution in [0.1, 0.15) is 51.9 Å². The van der Waals surface area contributed by atoms with Gasteiger partial charge in [0.15, 0.2) is 5.79 Å². The molecule has 1 spiro atoms. The van der Waals surface area contributed by atoms with E-state index in [1.165, 1.54) is 0 Å². The molecule has 2 N–H and O–H groups in total. The number of ether oxygens (including phenoxy) is 3. The summed E-state index contributed by atoms with van der Waals surface area (Å²) in [6.45, 7) is 6.61. The highest BCUT2D eigenvalue weighted by Crippen LogP contribution is 2.40. The van der Waals surface area contributed by atoms with Crippen LogP contribution in [-0.4, -0.2) is 58.3 Å². The molecule has 1 heterocycles. The molecule has 0 bridgehead atoms. The number of hydrogen-bond acceptors (Lipinski definition) is 5. The molecular weight excluding hydrogens is 320 g/mol. The number of hydrogen-bond donors (Lipinski definition) is 2. The van der Waals surface area contributed by atoms with E-state index in [1.54, 1.807) is 7.11 Å². The first-order valence-electron chi connectivity index (χ1n) is 9.94. The second-order valence-electron chi connectivity index (χ2n) is 7.34. The number of nitrogens with one attached hydrogen (secondary N) is 2. The van der Waals surface area contributed by atoms with Gasteiger partial charge in [0, 0.05) is 39.6 Å². The van der Waals surface area contributed by atoms with Crippen molar-refractivity contribution in [2.75, 3.05) is 46.6 Å². The topological polar surface area (TPSA) is 68.8 Å². The van der Waals surface area contributed by atoms with Gasteiger partial charge in [-0.2, -0.15) is 0 Å². The van der Waals surface area contributed by atoms with Crippen molar-refractivity contribution in [1.29, 1.82) is 0 Å². The Morgan fingerprint density at radius 2 is 2.12 bits per heavy atom. The van der Waals surface area contributed by atoms with Gasteiger partial charge in [0.25, 0.3) is 0 Å². The van der Waals surface area contributed by atoms with Gasteiger partial charge in [0.05, 0.1) is 19.1 Å². The summed E-state index contributed by atoms with van der Waals surface area (Å²) in [5.41, 5.74) is 0. The smallest absolute Gasteiger partial charge is 0.224 e. The molecule has 25 heavy (non-hydrogen) atoms. The second kappa shape index (κ2) is 11.1. The molecule has 2 fully saturated rings. The maximum absolute atomic E-state index is 12.6. The molecule has 0 aromatic carbocycles. The first-order chi connectivity index (χ1) is 12.2. The first-order valence-corrected chi connectivity index (χ1v) is 9.94. The summed E-state index contributed by atoms with van der Waals surface area (Å²) in [5.74, 6) is 0.299. The van der Waals surface area contributed by atoms with Crippen LogP contribution < -0.4 is 10.6 Å². The normalized spacial score (nSPS) is 23.7. The Balaban J connectivity index is 1.84. The van der Waals surface area contributed by atoms with Crippen LogP contribution in [0.5, 0.6) is 0 Å². The predicted molar refractivity (Wildman–Crippen MR) is 97.4 cm³/mol. The molecule has 0 aromatic heterocycles. The van der Waals surface area contributed by atoms with Crippen LogP contribution in [0.3, 0.4) is 0 Å². The van der Waals surface area contributed by atoms with Crippen LogP contribution in [-0.2, 0) is 19.0 Å². The van der Waals surface area contributed by atoms with E-state index in [9.17, 15) is 4.79 Å². The van der Waals surface area contributed by atoms with Crippen LogP contribution in [0.25, 0.3) is 0 Å². The lowest BCUT2D eigenvalue weighted by Gasteiger charge is -2.37. The Morgan fingerprint density at radius 1 is 1.32 bits per heavy atom. The van der Waals surface area contributed by atoms with E-state index in [1.807, 2.05) is 0 Å². The monoisotopic (exact) mass is 356 g/mol. The van der Waals surface area contributed by atoms with E-state index < -0.39 is 0 Å². The fourth-order valence-corrected chi connectivity index (χ4v) is 3.98. The van der Waals surface area contributed by atoms with E-state index in [2.05, 4.69) is 17.6 Å². The molecule has 146 valence electrons. The molecule has 0 aromatic rings. The summed E-state index contributed by atoms with van der Waals surface area (Å²) in [4.78, 5) is 12.6. The molecule has 6 nitrogen and oxygen atoms in total. The highest BCUT2D eigenvalue weighted by atomic mass is 16.7. The van der Waals surface area contributed by atoms with Gasteiger partial charge in [-0.15, -0.1) is 0 Å². The number of methoxy groups -OCH3 is 1. The summed E-state index contributed by atoms with van der Waals surface area (Å²) < 4.78 is 16.8. The Hall–Kier alpha value is -0.690. The summed E-state index contributed by atoms with van der Waals surface area (Å²) in [6.07, 6.45) is 7.04. The Morgan fingerprint density at radius 3 is 2.84 bits per heavy atom. The van der Waals surface area contributed by atoms with Gasteiger partial charge < -0.3 is 24.8 Å². The number of amides is 1. The fraction of sp³-hybridized carbons (Fsp3) is 0.947. The third-order valence-corrected chi connectivity index (χ3v) is 5.21. The number of carbonyl (C=O) groups excluding carboxylic acids is 1. The van der Waals surface area contributed by atoms with Crippen molar-refractivity contribution < 1.29 is 19.0 Å². The fourth-order valence-electron chi connectivity index (χ4n) is 3.98. The van der Waals surface area contributed by atoms with Gasteiger partial charge in [0.1, 0.15) is 0 Å². The molecular formula is C19H36N2O4. The van der Waals surface area contributed by atoms with Crippen LogP contribution in [0.15, 0.2) is 0 Å². The van der Waals surface area contributed by atoms with Gasteiger partial charge in [0.2, 0.25) is 5.91 Å². The average molecular weight is 357 g/mol. The SMILES string of the molecule is CCCNCC(CC1CCCC2(C1)OCCO2)C(=O)NCCCOC. The zero-order valence-corrected chi connectivity index (χ0v) is 16.0. The van der Waals surface area contributed by atoms with Crippen molar-refractivity contribution in [1.82, 2.24) is 10.6 Å². The summed E-state index contributed by atoms with van der Waals surface area (Å²) >= 11 is 0. The summed E-state index contributed by atoms with van der Waals surface area (Å²) in [7, 11) is 1.69. The number of carbonyl (C=O) groups is 1. The third kappa shape index (κ3) is 6.85. The van der Waals surface area contributed by atoms with Crippen molar-refractivity contribution in [3.8, 4) is 0 Å². The molecule has 1 saturated heterocycles. The van der Waals surface area contributed by atoms with Crippen molar-refractivity contribution in [3.63, 3.8) is 0 Å². The molecule has 2 unspecified atom stereocenters. The van der Waals surface area contributed by atoms with Gasteiger partial charge in [-0.05, 0) is 38.1 Å². The molecule has 0 radical (unpaired) electrons. The highest BCUT2D eigenvalue weighted by molar-refractivity contribution is 5.78. The average Bonchev–Trinajstić information content (AvgIpc) is 3.05. The van der Waals surface area contributed by atoms with E-state index >= 15 is 0 Å². The van der Waals surface area contributed by atoms with E-state index in [-0.39, 0.29) is 17.6 Å². The molecule has 1 aliphatic carbocycles. The van der Waals surface area contributed by atoms with E-state index in [0.717, 1.165) is 58.0 Å². The maximum Gasteiger partial charge on any atom is 0.224 e. The molecule has 6 heteroatoms. The largest absolute Gasteiger partial charge is 0.385 e. The minimum atomic E-state index is -0.362. The summed E-state index contributed by atoms with van der Waals surface area (Å²) in [5, 5.41) is 6.49. The summed E-state index contributed by atoms with van der Waals surface area (Å²) in [6, 6.07) is 0. The van der Waals surface area contributed by atoms with Crippen LogP contribution >= 0.6 is 0 Å². The Labute approximate surface area is 152 Å². The molecule has 2 aliphatic rings. The molecule has 2 rings (SSSR count). The predicted octanol–water partition coefficient (Wildman–Crippen LogP) is 2.08. The quantitative estimate of drug-likeness (QED) is 0.555. The Kier molecular flexibility index (Phi) is 9.17. The second-order valence-corrected chi connectivity index (χ2v) is 7.34. The number of rotatable bonds is 11. The van der Waals surface area contributed by atoms with Crippen LogP contribution in [0.4, 0.5) is 0 Å². The molecule has 1 amide bonds. The van der Waals surface area contributed by atoms with Crippen LogP contribution in [0, 0.1) is 11.8 Å². The maximum atomic E-state index is 12.6. The van der Waals surface area contributed by atoms with Crippen molar-refractivity contribution in [2.45, 2.75) is 57.7 Å². The van der Waals surface area contributed by atoms with Gasteiger partial charge in [-0.25, -0.2) is 0 Å². The van der Waals surface area contributed by atoms with Crippen molar-refractivity contribution in [2.24, 2.45) is 11.8 Å². The lowest BCUT2D eigenvalue weighted by atomic mass is 9.79. The lowest BCUT2D eigenvalue weighted by molar-refractivity contribution is -0.188. The van der Waals surface area contributed by atoms with Gasteiger partial charge >= 0.3 is 0 Å².